The average Bonchev–Trinajstić information content (AvgIpc) is 2.33. The first-order valence-electron chi connectivity index (χ1n) is 6.01. The Morgan fingerprint density at radius 2 is 2.00 bits per heavy atom. The molecule has 0 unspecified atom stereocenters. The van der Waals surface area contributed by atoms with E-state index in [1.165, 1.54) is 11.2 Å². The lowest BCUT2D eigenvalue weighted by atomic mass is 10.2. The summed E-state index contributed by atoms with van der Waals surface area (Å²) < 4.78 is 53.1. The van der Waals surface area contributed by atoms with Crippen LogP contribution in [0.1, 0.15) is 12.5 Å². The molecule has 1 aliphatic heterocycles. The first-order chi connectivity index (χ1) is 8.82. The molecule has 1 aromatic carbocycles. The molecule has 1 heterocycles. The van der Waals surface area contributed by atoms with Crippen LogP contribution >= 0.6 is 0 Å². The minimum Gasteiger partial charge on any atom is -0.312 e. The van der Waals surface area contributed by atoms with Gasteiger partial charge in [0.1, 0.15) is 16.5 Å². The van der Waals surface area contributed by atoms with Crippen LogP contribution in [0.4, 0.5) is 8.78 Å². The third-order valence-corrected chi connectivity index (χ3v) is 5.04. The van der Waals surface area contributed by atoms with Gasteiger partial charge in [-0.3, -0.25) is 0 Å². The molecular weight excluding hydrogens is 274 g/mol. The molecule has 19 heavy (non-hydrogen) atoms. The Kier molecular flexibility index (Phi) is 3.89. The van der Waals surface area contributed by atoms with Gasteiger partial charge in [0.05, 0.1) is 0 Å². The van der Waals surface area contributed by atoms with E-state index in [0.29, 0.717) is 6.54 Å². The average molecular weight is 290 g/mol. The molecule has 1 atom stereocenters. The van der Waals surface area contributed by atoms with Crippen molar-refractivity contribution in [2.75, 3.05) is 19.6 Å². The molecule has 106 valence electrons. The second-order valence-corrected chi connectivity index (χ2v) is 6.66. The van der Waals surface area contributed by atoms with Crippen molar-refractivity contribution in [3.63, 3.8) is 0 Å². The van der Waals surface area contributed by atoms with Crippen LogP contribution in [0.5, 0.6) is 0 Å². The molecule has 1 saturated heterocycles. The summed E-state index contributed by atoms with van der Waals surface area (Å²) >= 11 is 0. The standard InChI is InChI=1S/C12H16F2N2O2S/c1-8-5-11(14)12(6-10(8)13)19(17,18)16-4-3-15-9(2)7-16/h5-6,9,15H,3-4,7H2,1-2H3/t9-/m0/s1. The molecule has 0 radical (unpaired) electrons. The van der Waals surface area contributed by atoms with E-state index >= 15 is 0 Å². The van der Waals surface area contributed by atoms with Crippen molar-refractivity contribution in [3.05, 3.63) is 29.3 Å². The van der Waals surface area contributed by atoms with Crippen LogP contribution in [0.25, 0.3) is 0 Å². The van der Waals surface area contributed by atoms with Crippen molar-refractivity contribution in [2.24, 2.45) is 0 Å². The lowest BCUT2D eigenvalue weighted by Gasteiger charge is -2.31. The molecule has 0 aliphatic carbocycles. The molecule has 1 aromatic rings. The maximum Gasteiger partial charge on any atom is 0.246 e. The fraction of sp³-hybridized carbons (Fsp3) is 0.500. The summed E-state index contributed by atoms with van der Waals surface area (Å²) in [4.78, 5) is -0.593. The van der Waals surface area contributed by atoms with Crippen LogP contribution in [0.15, 0.2) is 17.0 Å². The third-order valence-electron chi connectivity index (χ3n) is 3.16. The van der Waals surface area contributed by atoms with Gasteiger partial charge >= 0.3 is 0 Å². The molecule has 0 saturated carbocycles. The van der Waals surface area contributed by atoms with E-state index in [-0.39, 0.29) is 24.7 Å². The quantitative estimate of drug-likeness (QED) is 0.892. The number of hydrogen-bond donors (Lipinski definition) is 1. The Morgan fingerprint density at radius 3 is 2.63 bits per heavy atom. The molecule has 7 heteroatoms. The Labute approximate surface area is 111 Å². The largest absolute Gasteiger partial charge is 0.312 e. The molecule has 2 rings (SSSR count). The van der Waals surface area contributed by atoms with Gasteiger partial charge < -0.3 is 5.32 Å². The van der Waals surface area contributed by atoms with E-state index in [2.05, 4.69) is 5.32 Å². The number of halogens is 2. The highest BCUT2D eigenvalue weighted by Crippen LogP contribution is 2.23. The highest BCUT2D eigenvalue weighted by atomic mass is 32.2. The highest BCUT2D eigenvalue weighted by Gasteiger charge is 2.31. The second-order valence-electron chi connectivity index (χ2n) is 4.75. The van der Waals surface area contributed by atoms with E-state index in [1.54, 1.807) is 0 Å². The van der Waals surface area contributed by atoms with Gasteiger partial charge in [0.25, 0.3) is 0 Å². The minimum atomic E-state index is -3.99. The molecule has 1 fully saturated rings. The number of piperazine rings is 1. The summed E-state index contributed by atoms with van der Waals surface area (Å²) in [6.07, 6.45) is 0. The number of nitrogens with one attached hydrogen (secondary N) is 1. The Bertz CT molecular complexity index is 590. The molecule has 1 N–H and O–H groups in total. The summed E-state index contributed by atoms with van der Waals surface area (Å²) in [5, 5.41) is 3.10. The van der Waals surface area contributed by atoms with Gasteiger partial charge in [-0.15, -0.1) is 0 Å². The zero-order chi connectivity index (χ0) is 14.2. The summed E-state index contributed by atoms with van der Waals surface area (Å²) in [5.41, 5.74) is 0.0881. The Balaban J connectivity index is 2.42. The Hall–Kier alpha value is -1.05. The summed E-state index contributed by atoms with van der Waals surface area (Å²) in [7, 11) is -3.99. The number of nitrogens with zero attached hydrogens (tertiary/aromatic N) is 1. The van der Waals surface area contributed by atoms with Gasteiger partial charge in [0, 0.05) is 25.7 Å². The van der Waals surface area contributed by atoms with E-state index in [0.717, 1.165) is 12.1 Å². The van der Waals surface area contributed by atoms with Crippen LogP contribution in [-0.2, 0) is 10.0 Å². The van der Waals surface area contributed by atoms with E-state index in [1.807, 2.05) is 6.92 Å². The Morgan fingerprint density at radius 1 is 1.32 bits per heavy atom. The maximum atomic E-state index is 13.8. The van der Waals surface area contributed by atoms with Crippen molar-refractivity contribution in [2.45, 2.75) is 24.8 Å². The maximum absolute atomic E-state index is 13.8. The molecule has 0 aromatic heterocycles. The summed E-state index contributed by atoms with van der Waals surface area (Å²) in [6, 6.07) is 1.66. The normalized spacial score (nSPS) is 21.6. The van der Waals surface area contributed by atoms with Crippen molar-refractivity contribution < 1.29 is 17.2 Å². The van der Waals surface area contributed by atoms with Gasteiger partial charge in [-0.25, -0.2) is 17.2 Å². The van der Waals surface area contributed by atoms with Crippen LogP contribution in [0.3, 0.4) is 0 Å². The first-order valence-corrected chi connectivity index (χ1v) is 7.45. The van der Waals surface area contributed by atoms with Crippen molar-refractivity contribution in [1.29, 1.82) is 0 Å². The van der Waals surface area contributed by atoms with Gasteiger partial charge in [0.15, 0.2) is 0 Å². The zero-order valence-electron chi connectivity index (χ0n) is 10.8. The minimum absolute atomic E-state index is 0.0121. The lowest BCUT2D eigenvalue weighted by molar-refractivity contribution is 0.309. The summed E-state index contributed by atoms with van der Waals surface area (Å²) in [6.45, 7) is 4.23. The van der Waals surface area contributed by atoms with E-state index in [9.17, 15) is 17.2 Å². The van der Waals surface area contributed by atoms with Crippen LogP contribution < -0.4 is 5.32 Å². The predicted octanol–water partition coefficient (Wildman–Crippen LogP) is 1.26. The van der Waals surface area contributed by atoms with Crippen LogP contribution in [0, 0.1) is 18.6 Å². The molecular formula is C12H16F2N2O2S. The topological polar surface area (TPSA) is 49.4 Å². The fourth-order valence-corrected chi connectivity index (χ4v) is 3.67. The fourth-order valence-electron chi connectivity index (χ4n) is 2.08. The van der Waals surface area contributed by atoms with E-state index in [4.69, 9.17) is 0 Å². The molecule has 4 nitrogen and oxygen atoms in total. The highest BCUT2D eigenvalue weighted by molar-refractivity contribution is 7.89. The van der Waals surface area contributed by atoms with Gasteiger partial charge in [-0.1, -0.05) is 0 Å². The van der Waals surface area contributed by atoms with Crippen LogP contribution in [0.2, 0.25) is 0 Å². The number of sulfonamides is 1. The molecule has 0 bridgehead atoms. The molecule has 0 amide bonds. The SMILES string of the molecule is Cc1cc(F)c(S(=O)(=O)N2CCN[C@@H](C)C2)cc1F. The number of aryl methyl sites for hydroxylation is 1. The first kappa shape index (κ1) is 14.4. The summed E-state index contributed by atoms with van der Waals surface area (Å²) in [5.74, 6) is -1.63. The van der Waals surface area contributed by atoms with Gasteiger partial charge in [-0.05, 0) is 31.5 Å². The third kappa shape index (κ3) is 2.77. The monoisotopic (exact) mass is 290 g/mol. The zero-order valence-corrected chi connectivity index (χ0v) is 11.6. The number of rotatable bonds is 2. The van der Waals surface area contributed by atoms with Crippen molar-refractivity contribution in [1.82, 2.24) is 9.62 Å². The number of hydrogen-bond acceptors (Lipinski definition) is 3. The van der Waals surface area contributed by atoms with E-state index < -0.39 is 26.6 Å². The molecule has 0 spiro atoms. The molecule has 1 aliphatic rings. The lowest BCUT2D eigenvalue weighted by Crippen LogP contribution is -2.51. The second kappa shape index (κ2) is 5.15. The van der Waals surface area contributed by atoms with Gasteiger partial charge in [0.2, 0.25) is 10.0 Å². The van der Waals surface area contributed by atoms with Crippen molar-refractivity contribution in [3.8, 4) is 0 Å². The van der Waals surface area contributed by atoms with Crippen LogP contribution in [-0.4, -0.2) is 38.4 Å². The van der Waals surface area contributed by atoms with Crippen molar-refractivity contribution >= 4 is 10.0 Å². The predicted molar refractivity (Wildman–Crippen MR) is 67.3 cm³/mol. The smallest absolute Gasteiger partial charge is 0.246 e. The number of benzene rings is 1. The van der Waals surface area contributed by atoms with Gasteiger partial charge in [-0.2, -0.15) is 4.31 Å².